The summed E-state index contributed by atoms with van der Waals surface area (Å²) in [5.41, 5.74) is 4.29. The first-order valence-corrected chi connectivity index (χ1v) is 7.13. The number of nitrogens with zero attached hydrogens (tertiary/aromatic N) is 2. The first kappa shape index (κ1) is 14.8. The first-order chi connectivity index (χ1) is 11.1. The second-order valence-electron chi connectivity index (χ2n) is 5.21. The van der Waals surface area contributed by atoms with Crippen molar-refractivity contribution in [1.82, 2.24) is 9.97 Å². The van der Waals surface area contributed by atoms with Gasteiger partial charge < -0.3 is 5.11 Å². The molecule has 6 heteroatoms. The summed E-state index contributed by atoms with van der Waals surface area (Å²) in [6.07, 6.45) is 1.51. The summed E-state index contributed by atoms with van der Waals surface area (Å²) < 4.78 is 0. The van der Waals surface area contributed by atoms with Crippen LogP contribution < -0.4 is 11.0 Å². The number of aryl methyl sites for hydroxylation is 1. The van der Waals surface area contributed by atoms with Gasteiger partial charge in [-0.2, -0.15) is 5.10 Å². The van der Waals surface area contributed by atoms with Crippen LogP contribution in [0.4, 0.5) is 5.95 Å². The normalized spacial score (nSPS) is 11.2. The number of H-pyrrole nitrogens is 1. The minimum Gasteiger partial charge on any atom is -0.507 e. The number of anilines is 1. The van der Waals surface area contributed by atoms with Crippen molar-refractivity contribution in [3.05, 3.63) is 63.6 Å². The van der Waals surface area contributed by atoms with E-state index in [1.54, 1.807) is 19.9 Å². The molecule has 3 aromatic rings. The van der Waals surface area contributed by atoms with Crippen molar-refractivity contribution in [2.24, 2.45) is 5.10 Å². The Balaban J connectivity index is 1.92. The van der Waals surface area contributed by atoms with Gasteiger partial charge in [-0.1, -0.05) is 30.3 Å². The molecule has 1 aromatic heterocycles. The number of nitrogens with one attached hydrogen (secondary N) is 2. The minimum atomic E-state index is -0.205. The van der Waals surface area contributed by atoms with E-state index in [2.05, 4.69) is 20.5 Å². The number of phenols is 1. The average molecular weight is 308 g/mol. The molecule has 0 saturated heterocycles. The molecule has 2 aromatic carbocycles. The summed E-state index contributed by atoms with van der Waals surface area (Å²) in [6.45, 7) is 3.47. The van der Waals surface area contributed by atoms with Gasteiger partial charge in [0.1, 0.15) is 5.75 Å². The standard InChI is InChI=1S/C17H16N4O2/c1-10-11(2)19-17(20-16(10)23)21-18-9-14-13-6-4-3-5-12(13)7-8-15(14)22/h3-9,22H,1-2H3,(H2,19,20,21,23)/b18-9-. The zero-order chi connectivity index (χ0) is 16.4. The van der Waals surface area contributed by atoms with Gasteiger partial charge >= 0.3 is 0 Å². The Morgan fingerprint density at radius 2 is 2.00 bits per heavy atom. The van der Waals surface area contributed by atoms with Crippen molar-refractivity contribution in [2.75, 3.05) is 5.43 Å². The SMILES string of the molecule is Cc1nc(N/N=C\c2c(O)ccc3ccccc23)[nH]c(=O)c1C. The van der Waals surface area contributed by atoms with Crippen LogP contribution in [0, 0.1) is 13.8 Å². The highest BCUT2D eigenvalue weighted by atomic mass is 16.3. The third kappa shape index (κ3) is 2.91. The molecular formula is C17H16N4O2. The Kier molecular flexibility index (Phi) is 3.80. The second kappa shape index (κ2) is 5.92. The molecule has 0 aliphatic carbocycles. The molecule has 3 N–H and O–H groups in total. The monoisotopic (exact) mass is 308 g/mol. The van der Waals surface area contributed by atoms with Crippen LogP contribution in [0.1, 0.15) is 16.8 Å². The van der Waals surface area contributed by atoms with Crippen molar-refractivity contribution in [1.29, 1.82) is 0 Å². The molecule has 6 nitrogen and oxygen atoms in total. The third-order valence-electron chi connectivity index (χ3n) is 3.71. The number of fused-ring (bicyclic) bond motifs is 1. The summed E-state index contributed by atoms with van der Waals surface area (Å²) in [5.74, 6) is 0.393. The van der Waals surface area contributed by atoms with Gasteiger partial charge in [0.15, 0.2) is 0 Å². The molecule has 116 valence electrons. The molecule has 0 aliphatic rings. The van der Waals surface area contributed by atoms with Crippen molar-refractivity contribution in [2.45, 2.75) is 13.8 Å². The van der Waals surface area contributed by atoms with E-state index in [1.165, 1.54) is 6.21 Å². The molecule has 0 saturated carbocycles. The van der Waals surface area contributed by atoms with Crippen molar-refractivity contribution < 1.29 is 5.11 Å². The van der Waals surface area contributed by atoms with E-state index in [1.807, 2.05) is 30.3 Å². The van der Waals surface area contributed by atoms with Crippen molar-refractivity contribution >= 4 is 22.9 Å². The predicted molar refractivity (Wildman–Crippen MR) is 91.2 cm³/mol. The molecule has 0 aliphatic heterocycles. The van der Waals surface area contributed by atoms with E-state index >= 15 is 0 Å². The number of hydrogen-bond donors (Lipinski definition) is 3. The average Bonchev–Trinajstić information content (AvgIpc) is 2.54. The van der Waals surface area contributed by atoms with Crippen LogP contribution >= 0.6 is 0 Å². The van der Waals surface area contributed by atoms with Crippen LogP contribution in [0.3, 0.4) is 0 Å². The smallest absolute Gasteiger partial charge is 0.255 e. The van der Waals surface area contributed by atoms with Gasteiger partial charge in [0.25, 0.3) is 5.56 Å². The van der Waals surface area contributed by atoms with Crippen LogP contribution in [-0.2, 0) is 0 Å². The lowest BCUT2D eigenvalue weighted by atomic mass is 10.0. The van der Waals surface area contributed by atoms with Gasteiger partial charge in [-0.15, -0.1) is 0 Å². The molecule has 23 heavy (non-hydrogen) atoms. The highest BCUT2D eigenvalue weighted by Crippen LogP contribution is 2.25. The fourth-order valence-electron chi connectivity index (χ4n) is 2.28. The van der Waals surface area contributed by atoms with Gasteiger partial charge in [0, 0.05) is 16.8 Å². The van der Waals surface area contributed by atoms with E-state index in [9.17, 15) is 9.90 Å². The largest absolute Gasteiger partial charge is 0.507 e. The van der Waals surface area contributed by atoms with E-state index in [0.717, 1.165) is 10.8 Å². The van der Waals surface area contributed by atoms with E-state index < -0.39 is 0 Å². The van der Waals surface area contributed by atoms with Crippen molar-refractivity contribution in [3.8, 4) is 5.75 Å². The lowest BCUT2D eigenvalue weighted by molar-refractivity contribution is 0.475. The lowest BCUT2D eigenvalue weighted by Gasteiger charge is -2.05. The molecule has 0 fully saturated rings. The van der Waals surface area contributed by atoms with Crippen LogP contribution in [0.15, 0.2) is 46.3 Å². The van der Waals surface area contributed by atoms with Crippen LogP contribution in [0.25, 0.3) is 10.8 Å². The number of aromatic hydroxyl groups is 1. The Bertz CT molecular complexity index is 960. The second-order valence-corrected chi connectivity index (χ2v) is 5.21. The molecule has 3 rings (SSSR count). The highest BCUT2D eigenvalue weighted by molar-refractivity contribution is 6.02. The number of aromatic nitrogens is 2. The first-order valence-electron chi connectivity index (χ1n) is 7.13. The maximum atomic E-state index is 11.7. The van der Waals surface area contributed by atoms with Crippen molar-refractivity contribution in [3.63, 3.8) is 0 Å². The molecule has 0 atom stereocenters. The van der Waals surface area contributed by atoms with Gasteiger partial charge in [-0.3, -0.25) is 9.78 Å². The number of phenolic OH excluding ortho intramolecular Hbond substituents is 1. The Labute approximate surface area is 132 Å². The maximum Gasteiger partial charge on any atom is 0.255 e. The molecule has 0 radical (unpaired) electrons. The van der Waals surface area contributed by atoms with Gasteiger partial charge in [-0.05, 0) is 30.7 Å². The summed E-state index contributed by atoms with van der Waals surface area (Å²) in [6, 6.07) is 11.2. The maximum absolute atomic E-state index is 11.7. The lowest BCUT2D eigenvalue weighted by Crippen LogP contribution is -2.15. The van der Waals surface area contributed by atoms with Gasteiger partial charge in [-0.25, -0.2) is 10.4 Å². The molecule has 1 heterocycles. The topological polar surface area (TPSA) is 90.4 Å². The zero-order valence-corrected chi connectivity index (χ0v) is 12.8. The Morgan fingerprint density at radius 1 is 1.22 bits per heavy atom. The highest BCUT2D eigenvalue weighted by Gasteiger charge is 2.05. The fraction of sp³-hybridized carbons (Fsp3) is 0.118. The van der Waals surface area contributed by atoms with E-state index in [-0.39, 0.29) is 17.3 Å². The molecule has 0 amide bonds. The molecule has 0 unspecified atom stereocenters. The number of benzene rings is 2. The minimum absolute atomic E-state index is 0.135. The summed E-state index contributed by atoms with van der Waals surface area (Å²) in [4.78, 5) is 18.5. The quantitative estimate of drug-likeness (QED) is 0.512. The van der Waals surface area contributed by atoms with Crippen LogP contribution in [0.2, 0.25) is 0 Å². The fourth-order valence-corrected chi connectivity index (χ4v) is 2.28. The van der Waals surface area contributed by atoms with E-state index in [0.29, 0.717) is 16.8 Å². The molecule has 0 spiro atoms. The summed E-state index contributed by atoms with van der Waals surface area (Å²) >= 11 is 0. The summed E-state index contributed by atoms with van der Waals surface area (Å²) in [5, 5.41) is 16.0. The summed E-state index contributed by atoms with van der Waals surface area (Å²) in [7, 11) is 0. The molecular weight excluding hydrogens is 292 g/mol. The molecule has 0 bridgehead atoms. The third-order valence-corrected chi connectivity index (χ3v) is 3.71. The van der Waals surface area contributed by atoms with Crippen LogP contribution in [-0.4, -0.2) is 21.3 Å². The number of hydrazone groups is 1. The van der Waals surface area contributed by atoms with Crippen LogP contribution in [0.5, 0.6) is 5.75 Å². The number of aromatic amines is 1. The van der Waals surface area contributed by atoms with E-state index in [4.69, 9.17) is 0 Å². The Morgan fingerprint density at radius 3 is 2.78 bits per heavy atom. The number of hydrogen-bond acceptors (Lipinski definition) is 5. The zero-order valence-electron chi connectivity index (χ0n) is 12.8. The predicted octanol–water partition coefficient (Wildman–Crippen LogP) is 2.69. The van der Waals surface area contributed by atoms with Gasteiger partial charge in [0.2, 0.25) is 5.95 Å². The van der Waals surface area contributed by atoms with Gasteiger partial charge in [0.05, 0.1) is 6.21 Å². The number of rotatable bonds is 3. The Hall–Kier alpha value is -3.15.